The van der Waals surface area contributed by atoms with Crippen LogP contribution in [-0.4, -0.2) is 72.9 Å². The Labute approximate surface area is 253 Å². The van der Waals surface area contributed by atoms with Gasteiger partial charge in [-0.3, -0.25) is 14.8 Å². The zero-order chi connectivity index (χ0) is 30.5. The fourth-order valence-electron chi connectivity index (χ4n) is 4.52. The number of hydrogen-bond donors (Lipinski definition) is 1. The Morgan fingerprint density at radius 3 is 2.53 bits per heavy atom. The first-order valence-electron chi connectivity index (χ1n) is 13.7. The van der Waals surface area contributed by atoms with Gasteiger partial charge >= 0.3 is 6.03 Å². The van der Waals surface area contributed by atoms with Gasteiger partial charge in [-0.2, -0.15) is 0 Å². The van der Waals surface area contributed by atoms with Crippen molar-refractivity contribution in [1.29, 1.82) is 0 Å². The number of methoxy groups -OCH3 is 1. The minimum Gasteiger partial charge on any atom is -0.493 e. The van der Waals surface area contributed by atoms with Crippen LogP contribution >= 0.6 is 12.2 Å². The van der Waals surface area contributed by atoms with E-state index in [1.807, 2.05) is 7.05 Å². The highest BCUT2D eigenvalue weighted by Crippen LogP contribution is 2.38. The number of benzene rings is 3. The molecule has 1 aliphatic rings. The monoisotopic (exact) mass is 607 g/mol. The number of amides is 2. The predicted molar refractivity (Wildman–Crippen MR) is 166 cm³/mol. The van der Waals surface area contributed by atoms with Crippen LogP contribution in [0.3, 0.4) is 0 Å². The molecule has 1 fully saturated rings. The number of nitrogens with one attached hydrogen (secondary N) is 1. The number of pyridine rings is 1. The normalized spacial score (nSPS) is 13.1. The van der Waals surface area contributed by atoms with Crippen molar-refractivity contribution in [3.63, 3.8) is 0 Å². The maximum absolute atomic E-state index is 15.2. The maximum atomic E-state index is 15.2. The van der Waals surface area contributed by atoms with E-state index in [1.54, 1.807) is 37.6 Å². The van der Waals surface area contributed by atoms with Crippen molar-refractivity contribution < 1.29 is 27.8 Å². The minimum absolute atomic E-state index is 0.00782. The second-order valence-electron chi connectivity index (χ2n) is 9.81. The Bertz CT molecular complexity index is 1640. The Balaban J connectivity index is 1.29. The summed E-state index contributed by atoms with van der Waals surface area (Å²) in [6.07, 6.45) is 1.57. The molecule has 1 aromatic heterocycles. The molecule has 4 aromatic rings. The van der Waals surface area contributed by atoms with E-state index >= 15 is 4.39 Å². The van der Waals surface area contributed by atoms with E-state index in [1.165, 1.54) is 46.2 Å². The number of nitrogens with zero attached hydrogens (tertiary/aromatic N) is 4. The molecule has 5 rings (SSSR count). The third-order valence-electron chi connectivity index (χ3n) is 7.05. The van der Waals surface area contributed by atoms with Gasteiger partial charge in [-0.25, -0.2) is 13.6 Å². The number of carbonyl (C=O) groups excluding carboxylic acids is 1. The molecule has 224 valence electrons. The van der Waals surface area contributed by atoms with Crippen molar-refractivity contribution in [3.8, 4) is 23.0 Å². The fraction of sp³-hybridized carbons (Fsp3) is 0.258. The number of thiocarbonyl (C=S) groups is 1. The standard InChI is InChI=1S/C31H31F2N5O4S/c1-4-36(2)15-16-41-29-18-23-25(19-28(29)40-3)34-12-11-26(23)42-27-10-7-21(17-24(27)33)35-30(43)38-14-13-37(31(38)39)22-8-5-20(32)6-9-22/h5-12,17-19H,4,13-16H2,1-3H3,(H,35,43). The molecule has 1 N–H and O–H groups in total. The molecule has 1 aliphatic heterocycles. The Hall–Kier alpha value is -4.55. The van der Waals surface area contributed by atoms with Gasteiger partial charge in [-0.05, 0) is 74.3 Å². The second-order valence-corrected chi connectivity index (χ2v) is 10.2. The number of aromatic nitrogens is 1. The van der Waals surface area contributed by atoms with Crippen molar-refractivity contribution in [2.45, 2.75) is 6.92 Å². The number of halogens is 2. The van der Waals surface area contributed by atoms with Crippen molar-refractivity contribution in [1.82, 2.24) is 14.8 Å². The lowest BCUT2D eigenvalue weighted by molar-refractivity contribution is 0.236. The first kappa shape index (κ1) is 29.9. The van der Waals surface area contributed by atoms with E-state index in [2.05, 4.69) is 22.1 Å². The SMILES string of the molecule is CCN(C)CCOc1cc2c(Oc3ccc(NC(=S)N4CCN(c5ccc(F)cc5)C4=O)cc3F)ccnc2cc1OC. The van der Waals surface area contributed by atoms with Crippen LogP contribution in [0.1, 0.15) is 6.92 Å². The molecule has 1 saturated heterocycles. The highest BCUT2D eigenvalue weighted by atomic mass is 32.1. The number of fused-ring (bicyclic) bond motifs is 1. The molecule has 3 aromatic carbocycles. The van der Waals surface area contributed by atoms with Crippen molar-refractivity contribution in [3.05, 3.63) is 78.5 Å². The fourth-order valence-corrected chi connectivity index (χ4v) is 4.80. The topological polar surface area (TPSA) is 79.4 Å². The van der Waals surface area contributed by atoms with E-state index in [-0.39, 0.29) is 22.7 Å². The summed E-state index contributed by atoms with van der Waals surface area (Å²) in [5.41, 5.74) is 1.51. The van der Waals surface area contributed by atoms with Gasteiger partial charge in [0.25, 0.3) is 0 Å². The highest BCUT2D eigenvalue weighted by Gasteiger charge is 2.32. The smallest absolute Gasteiger partial charge is 0.330 e. The average molecular weight is 608 g/mol. The maximum Gasteiger partial charge on any atom is 0.330 e. The summed E-state index contributed by atoms with van der Waals surface area (Å²) in [6.45, 7) is 4.87. The van der Waals surface area contributed by atoms with Crippen LogP contribution in [0.5, 0.6) is 23.0 Å². The Kier molecular flexibility index (Phi) is 9.17. The Morgan fingerprint density at radius 1 is 1.02 bits per heavy atom. The molecule has 2 heterocycles. The van der Waals surface area contributed by atoms with Gasteiger partial charge in [0.05, 0.1) is 12.6 Å². The molecule has 2 amide bonds. The van der Waals surface area contributed by atoms with Crippen molar-refractivity contribution in [2.24, 2.45) is 0 Å². The third kappa shape index (κ3) is 6.76. The first-order chi connectivity index (χ1) is 20.8. The zero-order valence-corrected chi connectivity index (χ0v) is 24.8. The number of rotatable bonds is 10. The van der Waals surface area contributed by atoms with Crippen LogP contribution in [0, 0.1) is 11.6 Å². The van der Waals surface area contributed by atoms with Gasteiger partial charge in [-0.1, -0.05) is 6.92 Å². The number of carbonyl (C=O) groups is 1. The van der Waals surface area contributed by atoms with Gasteiger partial charge in [0.2, 0.25) is 0 Å². The molecular weight excluding hydrogens is 576 g/mol. The third-order valence-corrected chi connectivity index (χ3v) is 7.38. The molecule has 12 heteroatoms. The van der Waals surface area contributed by atoms with E-state index in [9.17, 15) is 9.18 Å². The lowest BCUT2D eigenvalue weighted by Crippen LogP contribution is -2.38. The van der Waals surface area contributed by atoms with Gasteiger partial charge in [0.1, 0.15) is 18.2 Å². The van der Waals surface area contributed by atoms with Crippen LogP contribution in [-0.2, 0) is 0 Å². The number of likely N-dealkylation sites (N-methyl/N-ethyl adjacent to an activating group) is 1. The molecule has 0 bridgehead atoms. The van der Waals surface area contributed by atoms with Crippen LogP contribution in [0.4, 0.5) is 25.0 Å². The number of hydrogen-bond acceptors (Lipinski definition) is 7. The van der Waals surface area contributed by atoms with Gasteiger partial charge in [-0.15, -0.1) is 0 Å². The van der Waals surface area contributed by atoms with E-state index in [4.69, 9.17) is 26.4 Å². The largest absolute Gasteiger partial charge is 0.493 e. The quantitative estimate of drug-likeness (QED) is 0.211. The molecule has 0 aliphatic carbocycles. The van der Waals surface area contributed by atoms with E-state index < -0.39 is 5.82 Å². The lowest BCUT2D eigenvalue weighted by Gasteiger charge is -2.20. The molecule has 0 radical (unpaired) electrons. The van der Waals surface area contributed by atoms with Crippen LogP contribution in [0.15, 0.2) is 66.9 Å². The van der Waals surface area contributed by atoms with Gasteiger partial charge in [0.15, 0.2) is 28.2 Å². The molecule has 0 spiro atoms. The van der Waals surface area contributed by atoms with Gasteiger partial charge < -0.3 is 24.4 Å². The van der Waals surface area contributed by atoms with Crippen LogP contribution in [0.25, 0.3) is 10.9 Å². The van der Waals surface area contributed by atoms with Crippen molar-refractivity contribution in [2.75, 3.05) is 57.2 Å². The molecular formula is C31H31F2N5O4S. The van der Waals surface area contributed by atoms with Crippen LogP contribution in [0.2, 0.25) is 0 Å². The molecule has 0 atom stereocenters. The highest BCUT2D eigenvalue weighted by molar-refractivity contribution is 7.80. The summed E-state index contributed by atoms with van der Waals surface area (Å²) in [7, 11) is 3.57. The second kappa shape index (κ2) is 13.2. The Morgan fingerprint density at radius 2 is 1.81 bits per heavy atom. The summed E-state index contributed by atoms with van der Waals surface area (Å²) in [5, 5.41) is 3.67. The summed E-state index contributed by atoms with van der Waals surface area (Å²) >= 11 is 5.44. The summed E-state index contributed by atoms with van der Waals surface area (Å²) in [5.74, 6) is 0.423. The number of urea groups is 1. The predicted octanol–water partition coefficient (Wildman–Crippen LogP) is 6.28. The average Bonchev–Trinajstić information content (AvgIpc) is 3.39. The molecule has 0 unspecified atom stereocenters. The van der Waals surface area contributed by atoms with Gasteiger partial charge in [0, 0.05) is 54.7 Å². The summed E-state index contributed by atoms with van der Waals surface area (Å²) < 4.78 is 46.0. The lowest BCUT2D eigenvalue weighted by atomic mass is 10.1. The molecule has 43 heavy (non-hydrogen) atoms. The molecule has 0 saturated carbocycles. The molecule has 9 nitrogen and oxygen atoms in total. The number of anilines is 2. The van der Waals surface area contributed by atoms with E-state index in [0.717, 1.165) is 13.1 Å². The number of ether oxygens (including phenoxy) is 3. The minimum atomic E-state index is -0.633. The summed E-state index contributed by atoms with van der Waals surface area (Å²) in [6, 6.07) is 14.8. The first-order valence-corrected chi connectivity index (χ1v) is 14.1. The van der Waals surface area contributed by atoms with Crippen molar-refractivity contribution >= 4 is 45.6 Å². The zero-order valence-electron chi connectivity index (χ0n) is 24.0. The summed E-state index contributed by atoms with van der Waals surface area (Å²) in [4.78, 5) is 22.3. The van der Waals surface area contributed by atoms with Crippen LogP contribution < -0.4 is 24.4 Å². The van der Waals surface area contributed by atoms with E-state index in [0.29, 0.717) is 59.2 Å².